The highest BCUT2D eigenvalue weighted by atomic mass is 32.2. The molecule has 1 saturated heterocycles. The van der Waals surface area contributed by atoms with Gasteiger partial charge in [0.2, 0.25) is 15.9 Å². The van der Waals surface area contributed by atoms with E-state index in [1.807, 2.05) is 6.92 Å². The molecule has 0 N–H and O–H groups in total. The van der Waals surface area contributed by atoms with E-state index >= 15 is 0 Å². The van der Waals surface area contributed by atoms with Crippen LogP contribution in [0.15, 0.2) is 33.7 Å². The van der Waals surface area contributed by atoms with Crippen molar-refractivity contribution in [2.75, 3.05) is 33.4 Å². The van der Waals surface area contributed by atoms with Crippen molar-refractivity contribution in [1.29, 1.82) is 0 Å². The molecule has 1 aromatic carbocycles. The van der Waals surface area contributed by atoms with Gasteiger partial charge in [-0.05, 0) is 18.2 Å². The summed E-state index contributed by atoms with van der Waals surface area (Å²) < 4.78 is 37.2. The van der Waals surface area contributed by atoms with Gasteiger partial charge in [0, 0.05) is 32.1 Å². The standard InChI is InChI=1S/C17H22N4O5S/c1-3-15-18-16(26-19-15)12-20(2)17(22)13-5-4-6-14(11-13)27(23,24)21-7-9-25-10-8-21/h4-6,11H,3,7-10,12H2,1-2H3. The van der Waals surface area contributed by atoms with Crippen LogP contribution in [-0.2, 0) is 27.7 Å². The molecule has 10 heteroatoms. The van der Waals surface area contributed by atoms with Gasteiger partial charge in [0.25, 0.3) is 5.91 Å². The molecule has 0 aliphatic carbocycles. The zero-order valence-corrected chi connectivity index (χ0v) is 16.1. The molecule has 9 nitrogen and oxygen atoms in total. The van der Waals surface area contributed by atoms with Crippen LogP contribution in [0.3, 0.4) is 0 Å². The van der Waals surface area contributed by atoms with Gasteiger partial charge in [-0.3, -0.25) is 4.79 Å². The number of nitrogens with zero attached hydrogens (tertiary/aromatic N) is 4. The number of aromatic nitrogens is 2. The number of rotatable bonds is 6. The Bertz CT molecular complexity index is 906. The number of carbonyl (C=O) groups is 1. The van der Waals surface area contributed by atoms with E-state index in [0.29, 0.717) is 44.4 Å². The van der Waals surface area contributed by atoms with Gasteiger partial charge < -0.3 is 14.2 Å². The van der Waals surface area contributed by atoms with Crippen molar-refractivity contribution in [3.63, 3.8) is 0 Å². The molecule has 0 spiro atoms. The summed E-state index contributed by atoms with van der Waals surface area (Å²) in [4.78, 5) is 18.4. The van der Waals surface area contributed by atoms with Crippen LogP contribution in [0.25, 0.3) is 0 Å². The largest absolute Gasteiger partial charge is 0.379 e. The molecule has 1 fully saturated rings. The van der Waals surface area contributed by atoms with Gasteiger partial charge in [0.1, 0.15) is 0 Å². The lowest BCUT2D eigenvalue weighted by atomic mass is 10.2. The van der Waals surface area contributed by atoms with Crippen LogP contribution in [0, 0.1) is 0 Å². The van der Waals surface area contributed by atoms with Crippen molar-refractivity contribution >= 4 is 15.9 Å². The number of carbonyl (C=O) groups excluding carboxylic acids is 1. The minimum atomic E-state index is -3.66. The Balaban J connectivity index is 1.76. The molecule has 2 aromatic rings. The molecule has 1 aromatic heterocycles. The van der Waals surface area contributed by atoms with Gasteiger partial charge in [-0.1, -0.05) is 18.1 Å². The summed E-state index contributed by atoms with van der Waals surface area (Å²) >= 11 is 0. The third kappa shape index (κ3) is 4.34. The maximum absolute atomic E-state index is 12.8. The Morgan fingerprint density at radius 1 is 1.30 bits per heavy atom. The molecule has 27 heavy (non-hydrogen) atoms. The van der Waals surface area contributed by atoms with Crippen molar-refractivity contribution < 1.29 is 22.5 Å². The molecule has 1 aliphatic rings. The average Bonchev–Trinajstić information content (AvgIpc) is 3.15. The molecular formula is C17H22N4O5S. The maximum Gasteiger partial charge on any atom is 0.254 e. The monoisotopic (exact) mass is 394 g/mol. The fourth-order valence-corrected chi connectivity index (χ4v) is 4.17. The molecule has 1 amide bonds. The van der Waals surface area contributed by atoms with E-state index in [1.165, 1.54) is 21.3 Å². The van der Waals surface area contributed by atoms with Crippen LogP contribution in [0.2, 0.25) is 0 Å². The SMILES string of the molecule is CCc1noc(CN(C)C(=O)c2cccc(S(=O)(=O)N3CCOCC3)c2)n1. The summed E-state index contributed by atoms with van der Waals surface area (Å²) in [5, 5.41) is 3.80. The van der Waals surface area contributed by atoms with Crippen LogP contribution in [0.5, 0.6) is 0 Å². The first kappa shape index (κ1) is 19.5. The average molecular weight is 394 g/mol. The van der Waals surface area contributed by atoms with Crippen molar-refractivity contribution in [1.82, 2.24) is 19.3 Å². The Morgan fingerprint density at radius 3 is 2.70 bits per heavy atom. The van der Waals surface area contributed by atoms with E-state index in [0.717, 1.165) is 0 Å². The van der Waals surface area contributed by atoms with Crippen molar-refractivity contribution in [2.24, 2.45) is 0 Å². The van der Waals surface area contributed by atoms with E-state index in [2.05, 4.69) is 10.1 Å². The van der Waals surface area contributed by atoms with Gasteiger partial charge >= 0.3 is 0 Å². The number of sulfonamides is 1. The second-order valence-corrected chi connectivity index (χ2v) is 8.10. The normalized spacial score (nSPS) is 15.6. The summed E-state index contributed by atoms with van der Waals surface area (Å²) in [5.41, 5.74) is 0.280. The third-order valence-electron chi connectivity index (χ3n) is 4.23. The summed E-state index contributed by atoms with van der Waals surface area (Å²) in [5.74, 6) is 0.578. The first-order valence-electron chi connectivity index (χ1n) is 8.66. The molecule has 146 valence electrons. The number of benzene rings is 1. The molecular weight excluding hydrogens is 372 g/mol. The molecule has 0 unspecified atom stereocenters. The molecule has 0 saturated carbocycles. The van der Waals surface area contributed by atoms with Crippen LogP contribution < -0.4 is 0 Å². The van der Waals surface area contributed by atoms with E-state index in [4.69, 9.17) is 9.26 Å². The summed E-state index contributed by atoms with van der Waals surface area (Å²) in [6.45, 7) is 3.39. The topological polar surface area (TPSA) is 106 Å². The summed E-state index contributed by atoms with van der Waals surface area (Å²) in [7, 11) is -2.06. The number of morpholine rings is 1. The van der Waals surface area contributed by atoms with Crippen LogP contribution in [0.4, 0.5) is 0 Å². The predicted octanol–water partition coefficient (Wildman–Crippen LogP) is 0.925. The van der Waals surface area contributed by atoms with Crippen molar-refractivity contribution in [2.45, 2.75) is 24.8 Å². The van der Waals surface area contributed by atoms with Crippen molar-refractivity contribution in [3.8, 4) is 0 Å². The van der Waals surface area contributed by atoms with E-state index in [-0.39, 0.29) is 22.9 Å². The number of aryl methyl sites for hydroxylation is 1. The van der Waals surface area contributed by atoms with Crippen LogP contribution in [0.1, 0.15) is 29.0 Å². The lowest BCUT2D eigenvalue weighted by Crippen LogP contribution is -2.40. The van der Waals surface area contributed by atoms with Gasteiger partial charge in [-0.15, -0.1) is 0 Å². The Kier molecular flexibility index (Phi) is 5.88. The maximum atomic E-state index is 12.8. The van der Waals surface area contributed by atoms with E-state index in [1.54, 1.807) is 19.2 Å². The van der Waals surface area contributed by atoms with Crippen LogP contribution in [-0.4, -0.2) is 67.0 Å². The Morgan fingerprint density at radius 2 is 2.04 bits per heavy atom. The molecule has 2 heterocycles. The van der Waals surface area contributed by atoms with Gasteiger partial charge in [-0.2, -0.15) is 9.29 Å². The highest BCUT2D eigenvalue weighted by Gasteiger charge is 2.27. The molecule has 0 bridgehead atoms. The predicted molar refractivity (Wildman–Crippen MR) is 95.5 cm³/mol. The second kappa shape index (κ2) is 8.15. The van der Waals surface area contributed by atoms with Gasteiger partial charge in [0.05, 0.1) is 24.7 Å². The Hall–Kier alpha value is -2.30. The highest BCUT2D eigenvalue weighted by molar-refractivity contribution is 7.89. The lowest BCUT2D eigenvalue weighted by Gasteiger charge is -2.26. The third-order valence-corrected chi connectivity index (χ3v) is 6.13. The zero-order valence-electron chi connectivity index (χ0n) is 15.3. The summed E-state index contributed by atoms with van der Waals surface area (Å²) in [6, 6.07) is 6.04. The minimum Gasteiger partial charge on any atom is -0.379 e. The first-order chi connectivity index (χ1) is 12.9. The smallest absolute Gasteiger partial charge is 0.254 e. The van der Waals surface area contributed by atoms with Gasteiger partial charge in [0.15, 0.2) is 5.82 Å². The molecule has 0 atom stereocenters. The van der Waals surface area contributed by atoms with Gasteiger partial charge in [-0.25, -0.2) is 8.42 Å². The number of amides is 1. The molecule has 1 aliphatic heterocycles. The van der Waals surface area contributed by atoms with Crippen LogP contribution >= 0.6 is 0 Å². The minimum absolute atomic E-state index is 0.0923. The highest BCUT2D eigenvalue weighted by Crippen LogP contribution is 2.19. The van der Waals surface area contributed by atoms with Crippen molar-refractivity contribution in [3.05, 3.63) is 41.5 Å². The molecule has 0 radical (unpaired) electrons. The zero-order chi connectivity index (χ0) is 19.4. The first-order valence-corrected chi connectivity index (χ1v) is 10.1. The van der Waals surface area contributed by atoms with E-state index < -0.39 is 10.0 Å². The quantitative estimate of drug-likeness (QED) is 0.717. The summed E-state index contributed by atoms with van der Waals surface area (Å²) in [6.07, 6.45) is 0.641. The molecule has 3 rings (SSSR count). The fourth-order valence-electron chi connectivity index (χ4n) is 2.72. The number of hydrogen-bond acceptors (Lipinski definition) is 7. The number of hydrogen-bond donors (Lipinski definition) is 0. The fraction of sp³-hybridized carbons (Fsp3) is 0.471. The Labute approximate surface area is 158 Å². The number of ether oxygens (including phenoxy) is 1. The second-order valence-electron chi connectivity index (χ2n) is 6.16. The lowest BCUT2D eigenvalue weighted by molar-refractivity contribution is 0.0730. The van der Waals surface area contributed by atoms with E-state index in [9.17, 15) is 13.2 Å².